The van der Waals surface area contributed by atoms with Crippen LogP contribution < -0.4 is 10.1 Å². The minimum atomic E-state index is -4.21. The average Bonchev–Trinajstić information content (AvgIpc) is 2.36. The summed E-state index contributed by atoms with van der Waals surface area (Å²) in [6, 6.07) is 4.33. The molecule has 0 heterocycles. The molecule has 2 unspecified atom stereocenters. The molecule has 0 saturated carbocycles. The summed E-state index contributed by atoms with van der Waals surface area (Å²) >= 11 is 5.87. The number of aliphatic hydroxyl groups is 1. The van der Waals surface area contributed by atoms with Crippen molar-refractivity contribution < 1.29 is 23.0 Å². The fraction of sp³-hybridized carbons (Fsp3) is 0.571. The van der Waals surface area contributed by atoms with Crippen molar-refractivity contribution in [3.8, 4) is 5.75 Å². The second-order valence-electron chi connectivity index (χ2n) is 5.00. The van der Waals surface area contributed by atoms with Gasteiger partial charge in [0.1, 0.15) is 18.5 Å². The number of aliphatic hydroxyl groups excluding tert-OH is 1. The molecule has 1 aromatic rings. The van der Waals surface area contributed by atoms with E-state index in [2.05, 4.69) is 5.32 Å². The van der Waals surface area contributed by atoms with E-state index in [0.717, 1.165) is 5.56 Å². The zero-order valence-corrected chi connectivity index (χ0v) is 12.6. The Morgan fingerprint density at radius 2 is 2.05 bits per heavy atom. The van der Waals surface area contributed by atoms with Crippen LogP contribution in [0.5, 0.6) is 5.75 Å². The molecule has 0 amide bonds. The van der Waals surface area contributed by atoms with Gasteiger partial charge < -0.3 is 15.2 Å². The molecule has 0 spiro atoms. The number of nitrogens with one attached hydrogen (secondary N) is 1. The summed E-state index contributed by atoms with van der Waals surface area (Å²) in [7, 11) is 0. The summed E-state index contributed by atoms with van der Waals surface area (Å²) in [6.45, 7) is 3.27. The number of rotatable bonds is 7. The molecule has 0 aliphatic rings. The topological polar surface area (TPSA) is 41.5 Å². The minimum Gasteiger partial charge on any atom is -0.491 e. The van der Waals surface area contributed by atoms with Gasteiger partial charge >= 0.3 is 6.18 Å². The van der Waals surface area contributed by atoms with E-state index in [1.807, 2.05) is 6.92 Å². The van der Waals surface area contributed by atoms with Gasteiger partial charge in [-0.15, -0.1) is 0 Å². The third-order valence-electron chi connectivity index (χ3n) is 2.81. The van der Waals surface area contributed by atoms with Crippen molar-refractivity contribution in [1.29, 1.82) is 0 Å². The van der Waals surface area contributed by atoms with E-state index < -0.39 is 24.7 Å². The maximum atomic E-state index is 12.1. The van der Waals surface area contributed by atoms with Crippen molar-refractivity contribution in [3.05, 3.63) is 28.8 Å². The highest BCUT2D eigenvalue weighted by Gasteiger charge is 2.29. The number of alkyl halides is 3. The molecule has 1 rings (SSSR count). The highest BCUT2D eigenvalue weighted by Crippen LogP contribution is 2.22. The van der Waals surface area contributed by atoms with E-state index in [-0.39, 0.29) is 13.2 Å². The number of hydrogen-bond acceptors (Lipinski definition) is 3. The van der Waals surface area contributed by atoms with E-state index in [1.54, 1.807) is 18.2 Å². The van der Waals surface area contributed by atoms with Crippen molar-refractivity contribution in [3.63, 3.8) is 0 Å². The Balaban J connectivity index is 2.30. The van der Waals surface area contributed by atoms with Crippen LogP contribution in [-0.2, 0) is 0 Å². The summed E-state index contributed by atoms with van der Waals surface area (Å²) in [5, 5.41) is 12.9. The lowest BCUT2D eigenvalue weighted by atomic mass is 10.2. The Hall–Kier alpha value is -0.980. The van der Waals surface area contributed by atoms with Crippen molar-refractivity contribution >= 4 is 11.6 Å². The molecule has 0 aliphatic heterocycles. The molecule has 0 fully saturated rings. The Morgan fingerprint density at radius 3 is 2.62 bits per heavy atom. The lowest BCUT2D eigenvalue weighted by Crippen LogP contribution is -2.38. The number of aryl methyl sites for hydroxylation is 1. The fourth-order valence-electron chi connectivity index (χ4n) is 1.71. The lowest BCUT2D eigenvalue weighted by Gasteiger charge is -2.18. The number of ether oxygens (including phenoxy) is 1. The smallest absolute Gasteiger partial charge is 0.390 e. The van der Waals surface area contributed by atoms with Crippen molar-refractivity contribution in [2.45, 2.75) is 38.6 Å². The van der Waals surface area contributed by atoms with Crippen molar-refractivity contribution in [1.82, 2.24) is 5.32 Å². The van der Waals surface area contributed by atoms with Gasteiger partial charge in [0, 0.05) is 17.6 Å². The molecule has 7 heteroatoms. The first-order valence-corrected chi connectivity index (χ1v) is 6.92. The van der Waals surface area contributed by atoms with Crippen LogP contribution in [-0.4, -0.2) is 36.6 Å². The maximum absolute atomic E-state index is 12.1. The Bertz CT molecular complexity index is 454. The largest absolute Gasteiger partial charge is 0.491 e. The SMILES string of the molecule is Cc1cc(OCC(O)CNC(C)CC(F)(F)F)ccc1Cl. The molecule has 0 saturated heterocycles. The maximum Gasteiger partial charge on any atom is 0.390 e. The Kier molecular flexibility index (Phi) is 6.77. The van der Waals surface area contributed by atoms with Crippen LogP contribution >= 0.6 is 11.6 Å². The Labute approximate surface area is 127 Å². The van der Waals surface area contributed by atoms with Gasteiger partial charge in [-0.05, 0) is 37.6 Å². The summed E-state index contributed by atoms with van der Waals surface area (Å²) in [6.07, 6.45) is -6.04. The molecule has 2 atom stereocenters. The van der Waals surface area contributed by atoms with Gasteiger partial charge in [-0.3, -0.25) is 0 Å². The monoisotopic (exact) mass is 325 g/mol. The quantitative estimate of drug-likeness (QED) is 0.808. The molecule has 3 nitrogen and oxygen atoms in total. The summed E-state index contributed by atoms with van der Waals surface area (Å²) in [5.74, 6) is 0.555. The lowest BCUT2D eigenvalue weighted by molar-refractivity contribution is -0.139. The van der Waals surface area contributed by atoms with E-state index >= 15 is 0 Å². The van der Waals surface area contributed by atoms with Crippen LogP contribution in [0, 0.1) is 6.92 Å². The van der Waals surface area contributed by atoms with Gasteiger partial charge in [0.25, 0.3) is 0 Å². The zero-order valence-electron chi connectivity index (χ0n) is 11.9. The number of benzene rings is 1. The van der Waals surface area contributed by atoms with E-state index in [1.165, 1.54) is 6.92 Å². The predicted octanol–water partition coefficient (Wildman–Crippen LogP) is 3.32. The molecule has 1 aromatic carbocycles. The summed E-state index contributed by atoms with van der Waals surface area (Å²) < 4.78 is 41.8. The van der Waals surface area contributed by atoms with Crippen LogP contribution in [0.3, 0.4) is 0 Å². The first-order valence-electron chi connectivity index (χ1n) is 6.54. The average molecular weight is 326 g/mol. The van der Waals surface area contributed by atoms with Crippen LogP contribution in [0.4, 0.5) is 13.2 Å². The fourth-order valence-corrected chi connectivity index (χ4v) is 1.83. The van der Waals surface area contributed by atoms with Gasteiger partial charge in [0.2, 0.25) is 0 Å². The zero-order chi connectivity index (χ0) is 16.0. The van der Waals surface area contributed by atoms with E-state index in [0.29, 0.717) is 10.8 Å². The highest BCUT2D eigenvalue weighted by atomic mass is 35.5. The minimum absolute atomic E-state index is 0.00713. The van der Waals surface area contributed by atoms with Crippen LogP contribution in [0.1, 0.15) is 18.9 Å². The van der Waals surface area contributed by atoms with Gasteiger partial charge in [-0.2, -0.15) is 13.2 Å². The van der Waals surface area contributed by atoms with Crippen LogP contribution in [0.25, 0.3) is 0 Å². The van der Waals surface area contributed by atoms with E-state index in [9.17, 15) is 18.3 Å². The molecule has 0 radical (unpaired) electrons. The van der Waals surface area contributed by atoms with E-state index in [4.69, 9.17) is 16.3 Å². The summed E-state index contributed by atoms with van der Waals surface area (Å²) in [5.41, 5.74) is 0.848. The van der Waals surface area contributed by atoms with Crippen molar-refractivity contribution in [2.75, 3.05) is 13.2 Å². The van der Waals surface area contributed by atoms with Gasteiger partial charge in [-0.1, -0.05) is 11.6 Å². The number of halogens is 4. The highest BCUT2D eigenvalue weighted by molar-refractivity contribution is 6.31. The molecular formula is C14H19ClF3NO2. The second-order valence-corrected chi connectivity index (χ2v) is 5.41. The first-order chi connectivity index (χ1) is 9.67. The van der Waals surface area contributed by atoms with Gasteiger partial charge in [-0.25, -0.2) is 0 Å². The standard InChI is InChI=1S/C14H19ClF3NO2/c1-9-5-12(3-4-13(9)15)21-8-11(20)7-19-10(2)6-14(16,17)18/h3-5,10-11,19-20H,6-8H2,1-2H3. The predicted molar refractivity (Wildman–Crippen MR) is 75.8 cm³/mol. The van der Waals surface area contributed by atoms with Crippen molar-refractivity contribution in [2.24, 2.45) is 0 Å². The van der Waals surface area contributed by atoms with Crippen LogP contribution in [0.15, 0.2) is 18.2 Å². The molecule has 0 bridgehead atoms. The van der Waals surface area contributed by atoms with Gasteiger partial charge in [0.05, 0.1) is 6.42 Å². The Morgan fingerprint density at radius 1 is 1.38 bits per heavy atom. The third kappa shape index (κ3) is 7.55. The van der Waals surface area contributed by atoms with Gasteiger partial charge in [0.15, 0.2) is 0 Å². The number of hydrogen-bond donors (Lipinski definition) is 2. The first kappa shape index (κ1) is 18.1. The third-order valence-corrected chi connectivity index (χ3v) is 3.24. The molecular weight excluding hydrogens is 307 g/mol. The second kappa shape index (κ2) is 7.87. The normalized spacial score (nSPS) is 14.8. The molecule has 120 valence electrons. The molecule has 0 aliphatic carbocycles. The molecule has 2 N–H and O–H groups in total. The summed E-state index contributed by atoms with van der Waals surface area (Å²) in [4.78, 5) is 0. The molecule has 21 heavy (non-hydrogen) atoms. The van der Waals surface area contributed by atoms with Crippen LogP contribution in [0.2, 0.25) is 5.02 Å². The molecule has 0 aromatic heterocycles.